The maximum absolute atomic E-state index is 12.8. The van der Waals surface area contributed by atoms with E-state index in [1.165, 1.54) is 18.2 Å². The average Bonchev–Trinajstić information content (AvgIpc) is 2.46. The number of anilines is 1. The summed E-state index contributed by atoms with van der Waals surface area (Å²) >= 11 is 0.785. The molecular formula is C9H6F3NS. The Bertz CT molecular complexity index is 478. The standard InChI is InChI=1S/C9H6F3NS/c10-6-3-4-1-2-5(9(11)12)7(13)8(4)14-6/h1-3,9H,13H2. The van der Waals surface area contributed by atoms with Crippen LogP contribution in [0.15, 0.2) is 18.2 Å². The molecular weight excluding hydrogens is 211 g/mol. The first kappa shape index (κ1) is 9.33. The lowest BCUT2D eigenvalue weighted by Gasteiger charge is -2.04. The molecule has 2 N–H and O–H groups in total. The maximum atomic E-state index is 12.8. The molecule has 74 valence electrons. The van der Waals surface area contributed by atoms with E-state index in [-0.39, 0.29) is 11.3 Å². The number of thiophene rings is 1. The maximum Gasteiger partial charge on any atom is 0.265 e. The van der Waals surface area contributed by atoms with E-state index in [9.17, 15) is 13.2 Å². The van der Waals surface area contributed by atoms with Crippen LogP contribution in [0.2, 0.25) is 0 Å². The van der Waals surface area contributed by atoms with Crippen molar-refractivity contribution in [3.05, 3.63) is 28.9 Å². The zero-order valence-corrected chi connectivity index (χ0v) is 7.75. The van der Waals surface area contributed by atoms with Crippen LogP contribution in [0.4, 0.5) is 18.9 Å². The predicted octanol–water partition coefficient (Wildman–Crippen LogP) is 3.56. The molecule has 0 aliphatic heterocycles. The molecule has 0 aliphatic carbocycles. The normalized spacial score (nSPS) is 11.4. The second-order valence-electron chi connectivity index (χ2n) is 2.84. The molecule has 1 heterocycles. The fourth-order valence-corrected chi connectivity index (χ4v) is 2.15. The number of hydrogen-bond donors (Lipinski definition) is 1. The molecule has 0 saturated carbocycles. The van der Waals surface area contributed by atoms with Gasteiger partial charge in [-0.2, -0.15) is 4.39 Å². The number of nitrogen functional groups attached to an aromatic ring is 1. The van der Waals surface area contributed by atoms with Crippen molar-refractivity contribution in [2.24, 2.45) is 0 Å². The highest BCUT2D eigenvalue weighted by Gasteiger charge is 2.15. The smallest absolute Gasteiger partial charge is 0.265 e. The third kappa shape index (κ3) is 1.33. The van der Waals surface area contributed by atoms with Crippen molar-refractivity contribution < 1.29 is 13.2 Å². The van der Waals surface area contributed by atoms with Gasteiger partial charge in [-0.05, 0) is 11.5 Å². The largest absolute Gasteiger partial charge is 0.397 e. The van der Waals surface area contributed by atoms with Gasteiger partial charge in [-0.25, -0.2) is 8.78 Å². The van der Waals surface area contributed by atoms with E-state index in [2.05, 4.69) is 0 Å². The Morgan fingerprint density at radius 1 is 1.29 bits per heavy atom. The highest BCUT2D eigenvalue weighted by Crippen LogP contribution is 2.35. The van der Waals surface area contributed by atoms with Gasteiger partial charge in [0.1, 0.15) is 0 Å². The van der Waals surface area contributed by atoms with Gasteiger partial charge < -0.3 is 5.73 Å². The van der Waals surface area contributed by atoms with Crippen molar-refractivity contribution in [1.29, 1.82) is 0 Å². The van der Waals surface area contributed by atoms with Crippen LogP contribution < -0.4 is 5.73 Å². The van der Waals surface area contributed by atoms with E-state index in [1.54, 1.807) is 0 Å². The molecule has 2 aromatic rings. The number of nitrogens with two attached hydrogens (primary N) is 1. The van der Waals surface area contributed by atoms with Gasteiger partial charge in [-0.3, -0.25) is 0 Å². The highest BCUT2D eigenvalue weighted by molar-refractivity contribution is 7.18. The molecule has 0 amide bonds. The molecule has 0 unspecified atom stereocenters. The van der Waals surface area contributed by atoms with Crippen LogP contribution >= 0.6 is 11.3 Å². The Labute approximate surface area is 82.0 Å². The zero-order chi connectivity index (χ0) is 10.3. The van der Waals surface area contributed by atoms with Gasteiger partial charge >= 0.3 is 0 Å². The van der Waals surface area contributed by atoms with Gasteiger partial charge in [0, 0.05) is 5.56 Å². The summed E-state index contributed by atoms with van der Waals surface area (Å²) in [7, 11) is 0. The minimum atomic E-state index is -2.62. The SMILES string of the molecule is Nc1c(C(F)F)ccc2cc(F)sc12. The predicted molar refractivity (Wildman–Crippen MR) is 51.2 cm³/mol. The molecule has 0 bridgehead atoms. The Kier molecular flexibility index (Phi) is 2.11. The van der Waals surface area contributed by atoms with Crippen LogP contribution in [0.25, 0.3) is 10.1 Å². The van der Waals surface area contributed by atoms with Gasteiger partial charge in [0.05, 0.1) is 10.4 Å². The summed E-state index contributed by atoms with van der Waals surface area (Å²) in [6.45, 7) is 0. The third-order valence-electron chi connectivity index (χ3n) is 1.96. The molecule has 0 atom stereocenters. The quantitative estimate of drug-likeness (QED) is 0.726. The molecule has 0 fully saturated rings. The molecule has 2 rings (SSSR count). The van der Waals surface area contributed by atoms with Crippen molar-refractivity contribution in [3.8, 4) is 0 Å². The van der Waals surface area contributed by atoms with Crippen molar-refractivity contribution >= 4 is 27.1 Å². The fourth-order valence-electron chi connectivity index (χ4n) is 1.30. The zero-order valence-electron chi connectivity index (χ0n) is 6.93. The van der Waals surface area contributed by atoms with Crippen LogP contribution in [-0.2, 0) is 0 Å². The molecule has 1 aromatic carbocycles. The Balaban J connectivity index is 2.74. The van der Waals surface area contributed by atoms with Gasteiger partial charge in [0.25, 0.3) is 6.43 Å². The van der Waals surface area contributed by atoms with E-state index < -0.39 is 11.6 Å². The average molecular weight is 217 g/mol. The summed E-state index contributed by atoms with van der Waals surface area (Å²) in [5.74, 6) is 0. The van der Waals surface area contributed by atoms with Gasteiger partial charge in [0.2, 0.25) is 0 Å². The van der Waals surface area contributed by atoms with Gasteiger partial charge in [-0.1, -0.05) is 12.1 Å². The molecule has 0 saturated heterocycles. The summed E-state index contributed by atoms with van der Waals surface area (Å²) in [4.78, 5) is 0. The lowest BCUT2D eigenvalue weighted by atomic mass is 10.1. The molecule has 0 aliphatic rings. The Morgan fingerprint density at radius 3 is 2.64 bits per heavy atom. The molecule has 1 aromatic heterocycles. The van der Waals surface area contributed by atoms with Crippen molar-refractivity contribution in [3.63, 3.8) is 0 Å². The lowest BCUT2D eigenvalue weighted by Crippen LogP contribution is -1.94. The van der Waals surface area contributed by atoms with E-state index in [0.29, 0.717) is 10.1 Å². The second-order valence-corrected chi connectivity index (χ2v) is 3.84. The van der Waals surface area contributed by atoms with Crippen molar-refractivity contribution in [2.45, 2.75) is 6.43 Å². The molecule has 14 heavy (non-hydrogen) atoms. The van der Waals surface area contributed by atoms with Crippen molar-refractivity contribution in [1.82, 2.24) is 0 Å². The number of rotatable bonds is 1. The number of alkyl halides is 2. The Morgan fingerprint density at radius 2 is 2.00 bits per heavy atom. The Hall–Kier alpha value is -1.23. The van der Waals surface area contributed by atoms with E-state index >= 15 is 0 Å². The van der Waals surface area contributed by atoms with Crippen molar-refractivity contribution in [2.75, 3.05) is 5.73 Å². The van der Waals surface area contributed by atoms with Crippen LogP contribution in [0.5, 0.6) is 0 Å². The summed E-state index contributed by atoms with van der Waals surface area (Å²) in [5.41, 5.74) is 5.24. The number of fused-ring (bicyclic) bond motifs is 1. The molecule has 0 radical (unpaired) electrons. The first-order valence-corrected chi connectivity index (χ1v) is 4.67. The summed E-state index contributed by atoms with van der Waals surface area (Å²) in [6, 6.07) is 3.97. The minimum absolute atomic E-state index is 0.0219. The number of benzene rings is 1. The van der Waals surface area contributed by atoms with Crippen LogP contribution in [0.3, 0.4) is 0 Å². The van der Waals surface area contributed by atoms with E-state index in [0.717, 1.165) is 11.3 Å². The summed E-state index contributed by atoms with van der Waals surface area (Å²) in [5, 5.41) is 0.146. The van der Waals surface area contributed by atoms with E-state index in [4.69, 9.17) is 5.73 Å². The minimum Gasteiger partial charge on any atom is -0.397 e. The molecule has 5 heteroatoms. The number of halogens is 3. The summed E-state index contributed by atoms with van der Waals surface area (Å²) in [6.07, 6.45) is -2.62. The topological polar surface area (TPSA) is 26.0 Å². The third-order valence-corrected chi connectivity index (χ3v) is 2.94. The summed E-state index contributed by atoms with van der Waals surface area (Å²) < 4.78 is 38.0. The monoisotopic (exact) mass is 217 g/mol. The second kappa shape index (κ2) is 3.16. The highest BCUT2D eigenvalue weighted by atomic mass is 32.1. The van der Waals surface area contributed by atoms with Gasteiger partial charge in [0.15, 0.2) is 5.13 Å². The van der Waals surface area contributed by atoms with E-state index in [1.807, 2.05) is 0 Å². The van der Waals surface area contributed by atoms with Crippen LogP contribution in [0, 0.1) is 5.13 Å². The van der Waals surface area contributed by atoms with Crippen LogP contribution in [-0.4, -0.2) is 0 Å². The first-order valence-electron chi connectivity index (χ1n) is 3.85. The fraction of sp³-hybridized carbons (Fsp3) is 0.111. The lowest BCUT2D eigenvalue weighted by molar-refractivity contribution is 0.152. The number of hydrogen-bond acceptors (Lipinski definition) is 2. The molecule has 1 nitrogen and oxygen atoms in total. The van der Waals surface area contributed by atoms with Crippen LogP contribution in [0.1, 0.15) is 12.0 Å². The molecule has 0 spiro atoms. The first-order chi connectivity index (χ1) is 6.59. The van der Waals surface area contributed by atoms with Gasteiger partial charge in [-0.15, -0.1) is 11.3 Å².